The molecule has 1 aromatic heterocycles. The van der Waals surface area contributed by atoms with Crippen LogP contribution in [0.3, 0.4) is 0 Å². The quantitative estimate of drug-likeness (QED) is 0.320. The molecule has 1 fully saturated rings. The minimum atomic E-state index is -0.414. The van der Waals surface area contributed by atoms with E-state index in [0.717, 1.165) is 54.8 Å². The fourth-order valence-corrected chi connectivity index (χ4v) is 4.22. The molecule has 8 heteroatoms. The second-order valence-electron chi connectivity index (χ2n) is 8.14. The van der Waals surface area contributed by atoms with Crippen molar-refractivity contribution in [3.63, 3.8) is 0 Å². The molecule has 0 spiro atoms. The normalized spacial score (nSPS) is 13.8. The van der Waals surface area contributed by atoms with Gasteiger partial charge >= 0.3 is 0 Å². The highest BCUT2D eigenvalue weighted by molar-refractivity contribution is 6.05. The standard InChI is InChI=1S/C25H23N5O3/c31-25(18-10-13-22(23(16-18)30(32)33)29-14-4-1-5-15-29)26-19-11-8-17(9-12-19)24-27-20-6-2-3-7-21(20)28-24/h2-3,6-13,16H,1,4-5,14-15H2,(H,26,31)(H,27,28). The molecule has 1 amide bonds. The number of hydrogen-bond acceptors (Lipinski definition) is 5. The zero-order valence-electron chi connectivity index (χ0n) is 18.0. The van der Waals surface area contributed by atoms with E-state index in [-0.39, 0.29) is 17.2 Å². The summed E-state index contributed by atoms with van der Waals surface area (Å²) in [4.78, 5) is 33.9. The Labute approximate surface area is 190 Å². The highest BCUT2D eigenvalue weighted by atomic mass is 16.6. The number of benzene rings is 3. The van der Waals surface area contributed by atoms with Gasteiger partial charge in [0.15, 0.2) is 0 Å². The number of carbonyl (C=O) groups excluding carboxylic acids is 1. The van der Waals surface area contributed by atoms with Crippen LogP contribution in [-0.2, 0) is 0 Å². The zero-order valence-corrected chi connectivity index (χ0v) is 18.0. The summed E-state index contributed by atoms with van der Waals surface area (Å²) in [7, 11) is 0. The molecule has 2 N–H and O–H groups in total. The van der Waals surface area contributed by atoms with Crippen LogP contribution in [-0.4, -0.2) is 33.9 Å². The number of aromatic nitrogens is 2. The molecule has 8 nitrogen and oxygen atoms in total. The molecule has 1 saturated heterocycles. The molecule has 0 saturated carbocycles. The maximum absolute atomic E-state index is 12.8. The van der Waals surface area contributed by atoms with Gasteiger partial charge in [-0.25, -0.2) is 4.98 Å². The third-order valence-electron chi connectivity index (χ3n) is 5.94. The highest BCUT2D eigenvalue weighted by Gasteiger charge is 2.23. The van der Waals surface area contributed by atoms with E-state index in [1.54, 1.807) is 24.3 Å². The lowest BCUT2D eigenvalue weighted by Gasteiger charge is -2.28. The first-order valence-corrected chi connectivity index (χ1v) is 11.0. The monoisotopic (exact) mass is 441 g/mol. The number of nitro groups is 1. The van der Waals surface area contributed by atoms with Crippen LogP contribution in [0.5, 0.6) is 0 Å². The van der Waals surface area contributed by atoms with Crippen molar-refractivity contribution in [3.05, 3.63) is 82.4 Å². The Morgan fingerprint density at radius 1 is 1.00 bits per heavy atom. The Balaban J connectivity index is 1.33. The third-order valence-corrected chi connectivity index (χ3v) is 5.94. The van der Waals surface area contributed by atoms with E-state index in [1.165, 1.54) is 6.07 Å². The summed E-state index contributed by atoms with van der Waals surface area (Å²) in [6, 6.07) is 19.8. The second kappa shape index (κ2) is 8.74. The largest absolute Gasteiger partial charge is 0.366 e. The van der Waals surface area contributed by atoms with Crippen molar-refractivity contribution < 1.29 is 9.72 Å². The Hall–Kier alpha value is -4.20. The van der Waals surface area contributed by atoms with Crippen molar-refractivity contribution in [1.82, 2.24) is 9.97 Å². The lowest BCUT2D eigenvalue weighted by atomic mass is 10.1. The minimum Gasteiger partial charge on any atom is -0.366 e. The number of H-pyrrole nitrogens is 1. The first kappa shape index (κ1) is 20.7. The number of carbonyl (C=O) groups is 1. The summed E-state index contributed by atoms with van der Waals surface area (Å²) in [5, 5.41) is 14.5. The van der Waals surface area contributed by atoms with Gasteiger partial charge in [0.1, 0.15) is 11.5 Å². The molecular weight excluding hydrogens is 418 g/mol. The lowest BCUT2D eigenvalue weighted by molar-refractivity contribution is -0.384. The van der Waals surface area contributed by atoms with Crippen LogP contribution in [0.25, 0.3) is 22.4 Å². The van der Waals surface area contributed by atoms with Gasteiger partial charge in [0.05, 0.1) is 16.0 Å². The van der Waals surface area contributed by atoms with Gasteiger partial charge in [0.25, 0.3) is 11.6 Å². The van der Waals surface area contributed by atoms with E-state index >= 15 is 0 Å². The fraction of sp³-hybridized carbons (Fsp3) is 0.200. The smallest absolute Gasteiger partial charge is 0.293 e. The van der Waals surface area contributed by atoms with Crippen LogP contribution in [0, 0.1) is 10.1 Å². The van der Waals surface area contributed by atoms with Crippen molar-refractivity contribution >= 4 is 34.0 Å². The molecule has 4 aromatic rings. The van der Waals surface area contributed by atoms with Crippen LogP contribution < -0.4 is 10.2 Å². The van der Waals surface area contributed by atoms with Crippen molar-refractivity contribution in [2.75, 3.05) is 23.3 Å². The second-order valence-corrected chi connectivity index (χ2v) is 8.14. The van der Waals surface area contributed by atoms with Crippen LogP contribution in [0.1, 0.15) is 29.6 Å². The van der Waals surface area contributed by atoms with Crippen LogP contribution in [0.15, 0.2) is 66.7 Å². The third kappa shape index (κ3) is 4.27. The van der Waals surface area contributed by atoms with E-state index in [1.807, 2.05) is 41.3 Å². The molecule has 0 aliphatic carbocycles. The van der Waals surface area contributed by atoms with Gasteiger partial charge in [0.2, 0.25) is 0 Å². The van der Waals surface area contributed by atoms with Crippen LogP contribution >= 0.6 is 0 Å². The molecule has 3 aromatic carbocycles. The molecule has 0 bridgehead atoms. The van der Waals surface area contributed by atoms with Crippen LogP contribution in [0.2, 0.25) is 0 Å². The number of nitrogens with one attached hydrogen (secondary N) is 2. The lowest BCUT2D eigenvalue weighted by Crippen LogP contribution is -2.30. The topological polar surface area (TPSA) is 104 Å². The Morgan fingerprint density at radius 2 is 1.76 bits per heavy atom. The number of anilines is 2. The maximum atomic E-state index is 12.8. The van der Waals surface area contributed by atoms with Gasteiger partial charge in [0, 0.05) is 36.0 Å². The number of imidazole rings is 1. The first-order chi connectivity index (χ1) is 16.1. The van der Waals surface area contributed by atoms with Crippen molar-refractivity contribution in [3.8, 4) is 11.4 Å². The molecule has 1 aliphatic rings. The van der Waals surface area contributed by atoms with Gasteiger partial charge in [-0.2, -0.15) is 0 Å². The van der Waals surface area contributed by atoms with E-state index < -0.39 is 4.92 Å². The van der Waals surface area contributed by atoms with E-state index in [4.69, 9.17) is 0 Å². The molecule has 0 unspecified atom stereocenters. The predicted octanol–water partition coefficient (Wildman–Crippen LogP) is 5.38. The summed E-state index contributed by atoms with van der Waals surface area (Å²) in [6.45, 7) is 1.59. The number of aromatic amines is 1. The summed E-state index contributed by atoms with van der Waals surface area (Å²) < 4.78 is 0. The van der Waals surface area contributed by atoms with Crippen LogP contribution in [0.4, 0.5) is 17.1 Å². The first-order valence-electron chi connectivity index (χ1n) is 11.0. The SMILES string of the molecule is O=C(Nc1ccc(-c2nc3ccccc3[nH]2)cc1)c1ccc(N2CCCCC2)c([N+](=O)[O-])c1. The zero-order chi connectivity index (χ0) is 22.8. The van der Waals surface area contributed by atoms with Gasteiger partial charge in [-0.1, -0.05) is 12.1 Å². The van der Waals surface area contributed by atoms with E-state index in [9.17, 15) is 14.9 Å². The molecule has 0 radical (unpaired) electrons. The van der Waals surface area contributed by atoms with E-state index in [0.29, 0.717) is 11.4 Å². The number of nitro benzene ring substituents is 1. The number of hydrogen-bond donors (Lipinski definition) is 2. The summed E-state index contributed by atoms with van der Waals surface area (Å²) in [5.41, 5.74) is 4.13. The summed E-state index contributed by atoms with van der Waals surface area (Å²) in [6.07, 6.45) is 3.17. The average Bonchev–Trinajstić information content (AvgIpc) is 3.29. The molecular formula is C25H23N5O3. The molecule has 1 aliphatic heterocycles. The van der Waals surface area contributed by atoms with Gasteiger partial charge in [-0.3, -0.25) is 14.9 Å². The Kier molecular flexibility index (Phi) is 5.48. The number of rotatable bonds is 5. The molecule has 166 valence electrons. The van der Waals surface area contributed by atoms with Crippen molar-refractivity contribution in [2.24, 2.45) is 0 Å². The molecule has 33 heavy (non-hydrogen) atoms. The maximum Gasteiger partial charge on any atom is 0.293 e. The van der Waals surface area contributed by atoms with Gasteiger partial charge in [-0.05, 0) is 67.8 Å². The predicted molar refractivity (Wildman–Crippen MR) is 129 cm³/mol. The van der Waals surface area contributed by atoms with Crippen molar-refractivity contribution in [1.29, 1.82) is 0 Å². The van der Waals surface area contributed by atoms with E-state index in [2.05, 4.69) is 15.3 Å². The Bertz CT molecular complexity index is 1290. The highest BCUT2D eigenvalue weighted by Crippen LogP contribution is 2.31. The minimum absolute atomic E-state index is 0.0372. The Morgan fingerprint density at radius 3 is 2.48 bits per heavy atom. The number of piperidine rings is 1. The number of amides is 1. The van der Waals surface area contributed by atoms with Gasteiger partial charge < -0.3 is 15.2 Å². The van der Waals surface area contributed by atoms with Gasteiger partial charge in [-0.15, -0.1) is 0 Å². The number of fused-ring (bicyclic) bond motifs is 1. The fourth-order valence-electron chi connectivity index (χ4n) is 4.22. The molecule has 5 rings (SSSR count). The van der Waals surface area contributed by atoms with Crippen molar-refractivity contribution in [2.45, 2.75) is 19.3 Å². The molecule has 0 atom stereocenters. The number of para-hydroxylation sites is 2. The molecule has 2 heterocycles. The summed E-state index contributed by atoms with van der Waals surface area (Å²) in [5.74, 6) is 0.359. The summed E-state index contributed by atoms with van der Waals surface area (Å²) >= 11 is 0. The average molecular weight is 441 g/mol. The number of nitrogens with zero attached hydrogens (tertiary/aromatic N) is 3.